The molecule has 3 rings (SSSR count). The Kier molecular flexibility index (Phi) is 7.38. The van der Waals surface area contributed by atoms with E-state index in [1.54, 1.807) is 41.3 Å². The van der Waals surface area contributed by atoms with Crippen molar-refractivity contribution < 1.29 is 19.1 Å². The first kappa shape index (κ1) is 22.0. The summed E-state index contributed by atoms with van der Waals surface area (Å²) in [5.74, 6) is -0.693. The van der Waals surface area contributed by atoms with Gasteiger partial charge in [-0.15, -0.1) is 0 Å². The normalized spacial score (nSPS) is 11.5. The van der Waals surface area contributed by atoms with Crippen LogP contribution in [-0.2, 0) is 17.6 Å². The molecule has 0 radical (unpaired) electrons. The molecule has 0 aliphatic rings. The molecule has 1 atom stereocenters. The van der Waals surface area contributed by atoms with Crippen LogP contribution >= 0.6 is 0 Å². The topological polar surface area (TPSA) is 69.6 Å². The summed E-state index contributed by atoms with van der Waals surface area (Å²) in [4.78, 5) is 26.6. The number of halogens is 1. The highest BCUT2D eigenvalue weighted by molar-refractivity contribution is 5.99. The summed E-state index contributed by atoms with van der Waals surface area (Å²) in [6, 6.07) is 21.5. The Bertz CT molecular complexity index is 1010. The molecule has 5 nitrogen and oxygen atoms in total. The molecule has 3 aromatic carbocycles. The largest absolute Gasteiger partial charge is 0.465 e. The number of rotatable bonds is 8. The van der Waals surface area contributed by atoms with Crippen LogP contribution in [-0.4, -0.2) is 23.7 Å². The summed E-state index contributed by atoms with van der Waals surface area (Å²) < 4.78 is 13.2. The highest BCUT2D eigenvalue weighted by Gasteiger charge is 2.28. The van der Waals surface area contributed by atoms with E-state index in [4.69, 9.17) is 0 Å². The third-order valence-corrected chi connectivity index (χ3v) is 5.11. The van der Waals surface area contributed by atoms with E-state index in [0.29, 0.717) is 24.2 Å². The third kappa shape index (κ3) is 5.92. The van der Waals surface area contributed by atoms with Crippen molar-refractivity contribution in [3.8, 4) is 0 Å². The lowest BCUT2D eigenvalue weighted by molar-refractivity contribution is -0.120. The predicted molar refractivity (Wildman–Crippen MR) is 119 cm³/mol. The second kappa shape index (κ2) is 10.4. The summed E-state index contributed by atoms with van der Waals surface area (Å²) in [6.45, 7) is 2.37. The van der Waals surface area contributed by atoms with Crippen molar-refractivity contribution in [1.82, 2.24) is 5.32 Å². The number of carboxylic acid groups (broad SMARTS) is 1. The van der Waals surface area contributed by atoms with Gasteiger partial charge in [0.25, 0.3) is 5.91 Å². The van der Waals surface area contributed by atoms with Crippen LogP contribution < -0.4 is 10.2 Å². The number of carbonyl (C=O) groups is 2. The minimum atomic E-state index is -1.28. The first-order valence-electron chi connectivity index (χ1n) is 10.2. The van der Waals surface area contributed by atoms with Gasteiger partial charge in [0, 0.05) is 12.2 Å². The van der Waals surface area contributed by atoms with Gasteiger partial charge < -0.3 is 15.3 Å². The molecule has 0 heterocycles. The van der Waals surface area contributed by atoms with E-state index >= 15 is 0 Å². The number of anilines is 1. The quantitative estimate of drug-likeness (QED) is 0.540. The molecule has 0 aliphatic heterocycles. The van der Waals surface area contributed by atoms with Gasteiger partial charge in [-0.25, -0.2) is 9.18 Å². The van der Waals surface area contributed by atoms with E-state index in [2.05, 4.69) is 12.2 Å². The van der Waals surface area contributed by atoms with E-state index < -0.39 is 12.1 Å². The average Bonchev–Trinajstić information content (AvgIpc) is 2.79. The lowest BCUT2D eigenvalue weighted by Gasteiger charge is -2.28. The first-order valence-corrected chi connectivity index (χ1v) is 10.2. The minimum Gasteiger partial charge on any atom is -0.465 e. The van der Waals surface area contributed by atoms with Gasteiger partial charge in [0.05, 0.1) is 0 Å². The zero-order valence-corrected chi connectivity index (χ0v) is 17.3. The van der Waals surface area contributed by atoms with Gasteiger partial charge in [-0.3, -0.25) is 4.79 Å². The second-order valence-corrected chi connectivity index (χ2v) is 7.18. The van der Waals surface area contributed by atoms with Crippen LogP contribution in [0.4, 0.5) is 14.9 Å². The SMILES string of the molecule is CCc1ccc(N(CCc2ccc(F)cc2)C(=O)[C@@H](NC(=O)O)c2ccccc2)cc1. The zero-order valence-electron chi connectivity index (χ0n) is 17.3. The van der Waals surface area contributed by atoms with Crippen molar-refractivity contribution in [1.29, 1.82) is 0 Å². The molecule has 0 aliphatic carbocycles. The first-order chi connectivity index (χ1) is 15.0. The highest BCUT2D eigenvalue weighted by Crippen LogP contribution is 2.23. The summed E-state index contributed by atoms with van der Waals surface area (Å²) in [6.07, 6.45) is 0.0923. The van der Waals surface area contributed by atoms with E-state index in [1.807, 2.05) is 30.3 Å². The average molecular weight is 420 g/mol. The molecule has 31 heavy (non-hydrogen) atoms. The zero-order chi connectivity index (χ0) is 22.2. The summed E-state index contributed by atoms with van der Waals surface area (Å²) >= 11 is 0. The summed E-state index contributed by atoms with van der Waals surface area (Å²) in [5, 5.41) is 11.7. The van der Waals surface area contributed by atoms with Crippen molar-refractivity contribution in [3.05, 3.63) is 101 Å². The van der Waals surface area contributed by atoms with Crippen LogP contribution in [0, 0.1) is 5.82 Å². The maximum Gasteiger partial charge on any atom is 0.405 e. The number of nitrogens with one attached hydrogen (secondary N) is 1. The van der Waals surface area contributed by atoms with Crippen molar-refractivity contribution in [2.45, 2.75) is 25.8 Å². The Morgan fingerprint density at radius 1 is 0.935 bits per heavy atom. The van der Waals surface area contributed by atoms with Gasteiger partial charge in [0.15, 0.2) is 0 Å². The lowest BCUT2D eigenvalue weighted by Crippen LogP contribution is -2.43. The van der Waals surface area contributed by atoms with Gasteiger partial charge in [0.1, 0.15) is 11.9 Å². The fraction of sp³-hybridized carbons (Fsp3) is 0.200. The molecule has 0 unspecified atom stereocenters. The molecule has 2 amide bonds. The number of carbonyl (C=O) groups excluding carboxylic acids is 1. The Morgan fingerprint density at radius 3 is 2.13 bits per heavy atom. The van der Waals surface area contributed by atoms with Crippen molar-refractivity contribution >= 4 is 17.7 Å². The third-order valence-electron chi connectivity index (χ3n) is 5.11. The molecule has 0 aromatic heterocycles. The Morgan fingerprint density at radius 2 is 1.55 bits per heavy atom. The number of amides is 2. The van der Waals surface area contributed by atoms with Crippen molar-refractivity contribution in [3.63, 3.8) is 0 Å². The number of hydrogen-bond donors (Lipinski definition) is 2. The lowest BCUT2D eigenvalue weighted by atomic mass is 10.0. The van der Waals surface area contributed by atoms with E-state index in [-0.39, 0.29) is 11.7 Å². The molecular weight excluding hydrogens is 395 g/mol. The predicted octanol–water partition coefficient (Wildman–Crippen LogP) is 4.97. The van der Waals surface area contributed by atoms with Crippen LogP contribution in [0.2, 0.25) is 0 Å². The fourth-order valence-corrected chi connectivity index (χ4v) is 3.38. The van der Waals surface area contributed by atoms with Gasteiger partial charge in [-0.1, -0.05) is 61.5 Å². The monoisotopic (exact) mass is 420 g/mol. The Balaban J connectivity index is 1.92. The standard InChI is InChI=1S/C25H25FN2O3/c1-2-18-10-14-22(15-11-18)28(17-16-19-8-12-21(26)13-9-19)24(29)23(27-25(30)31)20-6-4-3-5-7-20/h3-15,23,27H,2,16-17H2,1H3,(H,30,31)/t23-/m0/s1. The molecule has 0 fully saturated rings. The number of aryl methyl sites for hydroxylation is 1. The second-order valence-electron chi connectivity index (χ2n) is 7.18. The van der Waals surface area contributed by atoms with Gasteiger partial charge >= 0.3 is 6.09 Å². The maximum absolute atomic E-state index is 13.5. The van der Waals surface area contributed by atoms with E-state index in [1.165, 1.54) is 12.1 Å². The molecule has 0 saturated heterocycles. The molecule has 3 aromatic rings. The smallest absolute Gasteiger partial charge is 0.405 e. The van der Waals surface area contributed by atoms with Gasteiger partial charge in [-0.2, -0.15) is 0 Å². The Hall–Kier alpha value is -3.67. The van der Waals surface area contributed by atoms with Crippen LogP contribution in [0.25, 0.3) is 0 Å². The summed E-state index contributed by atoms with van der Waals surface area (Å²) in [5.41, 5.74) is 3.26. The Labute approximate surface area is 181 Å². The molecule has 0 bridgehead atoms. The van der Waals surface area contributed by atoms with Crippen LogP contribution in [0.3, 0.4) is 0 Å². The van der Waals surface area contributed by atoms with Crippen molar-refractivity contribution in [2.75, 3.05) is 11.4 Å². The minimum absolute atomic E-state index is 0.318. The van der Waals surface area contributed by atoms with Crippen molar-refractivity contribution in [2.24, 2.45) is 0 Å². The van der Waals surface area contributed by atoms with E-state index in [9.17, 15) is 19.1 Å². The fourth-order valence-electron chi connectivity index (χ4n) is 3.38. The van der Waals surface area contributed by atoms with Crippen LogP contribution in [0.1, 0.15) is 29.7 Å². The van der Waals surface area contributed by atoms with Crippen LogP contribution in [0.5, 0.6) is 0 Å². The molecule has 160 valence electrons. The molecule has 0 spiro atoms. The molecular formula is C25H25FN2O3. The maximum atomic E-state index is 13.5. The highest BCUT2D eigenvalue weighted by atomic mass is 19.1. The molecule has 6 heteroatoms. The number of hydrogen-bond acceptors (Lipinski definition) is 2. The van der Waals surface area contributed by atoms with Gasteiger partial charge in [-0.05, 0) is 53.8 Å². The summed E-state index contributed by atoms with van der Waals surface area (Å²) in [7, 11) is 0. The number of nitrogens with zero attached hydrogens (tertiary/aromatic N) is 1. The van der Waals surface area contributed by atoms with Crippen LogP contribution in [0.15, 0.2) is 78.9 Å². The van der Waals surface area contributed by atoms with Gasteiger partial charge in [0.2, 0.25) is 0 Å². The molecule has 0 saturated carbocycles. The van der Waals surface area contributed by atoms with E-state index in [0.717, 1.165) is 17.5 Å². The molecule has 2 N–H and O–H groups in total. The number of benzene rings is 3.